The smallest absolute Gasteiger partial charge is 0.219 e. The summed E-state index contributed by atoms with van der Waals surface area (Å²) in [5, 5.41) is 3.31. The maximum Gasteiger partial charge on any atom is 0.219 e. The second kappa shape index (κ2) is 4.78. The molecule has 1 aliphatic carbocycles. The van der Waals surface area contributed by atoms with Gasteiger partial charge in [0, 0.05) is 12.0 Å². The molecule has 1 rings (SSSR count). The number of hydrogen-bond donors (Lipinski definition) is 2. The molecular formula is C11H22N2O. The van der Waals surface area contributed by atoms with Crippen molar-refractivity contribution in [2.75, 3.05) is 7.05 Å². The number of hydrogen-bond acceptors (Lipinski definition) is 2. The highest BCUT2D eigenvalue weighted by molar-refractivity contribution is 5.75. The molecular weight excluding hydrogens is 176 g/mol. The zero-order valence-corrected chi connectivity index (χ0v) is 9.31. The van der Waals surface area contributed by atoms with Crippen molar-refractivity contribution in [2.24, 2.45) is 11.7 Å². The fourth-order valence-corrected chi connectivity index (χ4v) is 2.43. The second-order valence-corrected chi connectivity index (χ2v) is 4.71. The van der Waals surface area contributed by atoms with E-state index in [0.29, 0.717) is 6.42 Å². The summed E-state index contributed by atoms with van der Waals surface area (Å²) < 4.78 is 0. The van der Waals surface area contributed by atoms with Crippen LogP contribution in [0.4, 0.5) is 0 Å². The molecule has 1 fully saturated rings. The van der Waals surface area contributed by atoms with Gasteiger partial charge in [0.15, 0.2) is 0 Å². The van der Waals surface area contributed by atoms with E-state index in [9.17, 15) is 4.79 Å². The molecule has 2 unspecified atom stereocenters. The number of primary amides is 1. The number of nitrogens with one attached hydrogen (secondary N) is 1. The first kappa shape index (κ1) is 11.5. The highest BCUT2D eigenvalue weighted by Crippen LogP contribution is 2.32. The van der Waals surface area contributed by atoms with Gasteiger partial charge in [-0.3, -0.25) is 4.79 Å². The molecule has 0 aliphatic heterocycles. The third-order valence-electron chi connectivity index (χ3n) is 3.51. The lowest BCUT2D eigenvalue weighted by atomic mass is 9.86. The summed E-state index contributed by atoms with van der Waals surface area (Å²) in [5.41, 5.74) is 5.27. The van der Waals surface area contributed by atoms with Gasteiger partial charge in [0.2, 0.25) is 5.91 Å². The van der Waals surface area contributed by atoms with Crippen molar-refractivity contribution in [3.8, 4) is 0 Å². The SMILES string of the molecule is CNC1(CC(N)=O)CCCC(C)CC1. The van der Waals surface area contributed by atoms with Crippen molar-refractivity contribution >= 4 is 5.91 Å². The summed E-state index contributed by atoms with van der Waals surface area (Å²) in [5.74, 6) is 0.604. The Morgan fingerprint density at radius 2 is 2.21 bits per heavy atom. The Labute approximate surface area is 86.4 Å². The minimum absolute atomic E-state index is 0.0173. The minimum atomic E-state index is -0.186. The molecule has 1 amide bonds. The Kier molecular flexibility index (Phi) is 3.93. The van der Waals surface area contributed by atoms with E-state index in [4.69, 9.17) is 5.73 Å². The highest BCUT2D eigenvalue weighted by Gasteiger charge is 2.32. The van der Waals surface area contributed by atoms with Crippen LogP contribution in [0.15, 0.2) is 0 Å². The highest BCUT2D eigenvalue weighted by atomic mass is 16.1. The Morgan fingerprint density at radius 1 is 1.50 bits per heavy atom. The Morgan fingerprint density at radius 3 is 2.79 bits per heavy atom. The maximum atomic E-state index is 11.0. The predicted octanol–water partition coefficient (Wildman–Crippen LogP) is 1.42. The first-order chi connectivity index (χ1) is 6.58. The van der Waals surface area contributed by atoms with Crippen LogP contribution in [0.25, 0.3) is 0 Å². The summed E-state index contributed by atoms with van der Waals surface area (Å²) in [4.78, 5) is 11.0. The molecule has 0 saturated heterocycles. The number of carbonyl (C=O) groups excluding carboxylic acids is 1. The normalized spacial score (nSPS) is 33.7. The topological polar surface area (TPSA) is 55.1 Å². The van der Waals surface area contributed by atoms with Crippen LogP contribution in [0.5, 0.6) is 0 Å². The molecule has 3 heteroatoms. The molecule has 1 saturated carbocycles. The van der Waals surface area contributed by atoms with E-state index in [2.05, 4.69) is 12.2 Å². The second-order valence-electron chi connectivity index (χ2n) is 4.71. The van der Waals surface area contributed by atoms with Gasteiger partial charge in [-0.25, -0.2) is 0 Å². The third kappa shape index (κ3) is 2.98. The number of nitrogens with two attached hydrogens (primary N) is 1. The third-order valence-corrected chi connectivity index (χ3v) is 3.51. The quantitative estimate of drug-likeness (QED) is 0.674. The van der Waals surface area contributed by atoms with Gasteiger partial charge < -0.3 is 11.1 Å². The van der Waals surface area contributed by atoms with E-state index in [-0.39, 0.29) is 11.4 Å². The van der Waals surface area contributed by atoms with Crippen molar-refractivity contribution in [3.05, 3.63) is 0 Å². The molecule has 0 aromatic rings. The first-order valence-corrected chi connectivity index (χ1v) is 5.55. The van der Waals surface area contributed by atoms with E-state index < -0.39 is 0 Å². The zero-order valence-electron chi connectivity index (χ0n) is 9.31. The fraction of sp³-hybridized carbons (Fsp3) is 0.909. The summed E-state index contributed by atoms with van der Waals surface area (Å²) in [6.07, 6.45) is 6.33. The molecule has 3 nitrogen and oxygen atoms in total. The molecule has 0 aromatic carbocycles. The van der Waals surface area contributed by atoms with Crippen molar-refractivity contribution in [3.63, 3.8) is 0 Å². The summed E-state index contributed by atoms with van der Waals surface area (Å²) in [6.45, 7) is 2.29. The fourth-order valence-electron chi connectivity index (χ4n) is 2.43. The predicted molar refractivity (Wildman–Crippen MR) is 57.9 cm³/mol. The molecule has 0 radical (unpaired) electrons. The van der Waals surface area contributed by atoms with Crippen LogP contribution < -0.4 is 11.1 Å². The molecule has 1 aliphatic rings. The van der Waals surface area contributed by atoms with Crippen LogP contribution in [0.2, 0.25) is 0 Å². The molecule has 3 N–H and O–H groups in total. The van der Waals surface area contributed by atoms with Crippen LogP contribution in [-0.2, 0) is 4.79 Å². The van der Waals surface area contributed by atoms with E-state index in [1.807, 2.05) is 7.05 Å². The lowest BCUT2D eigenvalue weighted by molar-refractivity contribution is -0.119. The zero-order chi connectivity index (χ0) is 10.6. The first-order valence-electron chi connectivity index (χ1n) is 5.55. The van der Waals surface area contributed by atoms with Crippen molar-refractivity contribution < 1.29 is 4.79 Å². The molecule has 14 heavy (non-hydrogen) atoms. The van der Waals surface area contributed by atoms with Gasteiger partial charge >= 0.3 is 0 Å². The number of carbonyl (C=O) groups is 1. The van der Waals surface area contributed by atoms with E-state index in [0.717, 1.165) is 18.8 Å². The van der Waals surface area contributed by atoms with Gasteiger partial charge in [-0.15, -0.1) is 0 Å². The molecule has 0 heterocycles. The monoisotopic (exact) mass is 198 g/mol. The van der Waals surface area contributed by atoms with Gasteiger partial charge in [-0.2, -0.15) is 0 Å². The molecule has 0 aromatic heterocycles. The largest absolute Gasteiger partial charge is 0.370 e. The number of amides is 1. The minimum Gasteiger partial charge on any atom is -0.370 e. The van der Waals surface area contributed by atoms with Crippen LogP contribution in [0.1, 0.15) is 45.4 Å². The Bertz CT molecular complexity index is 205. The van der Waals surface area contributed by atoms with Crippen LogP contribution >= 0.6 is 0 Å². The van der Waals surface area contributed by atoms with Gasteiger partial charge in [0.05, 0.1) is 0 Å². The van der Waals surface area contributed by atoms with Crippen LogP contribution in [0.3, 0.4) is 0 Å². The van der Waals surface area contributed by atoms with E-state index >= 15 is 0 Å². The Balaban J connectivity index is 2.62. The van der Waals surface area contributed by atoms with Gasteiger partial charge in [0.25, 0.3) is 0 Å². The van der Waals surface area contributed by atoms with Gasteiger partial charge in [-0.1, -0.05) is 19.8 Å². The van der Waals surface area contributed by atoms with Crippen molar-refractivity contribution in [1.29, 1.82) is 0 Å². The van der Waals surface area contributed by atoms with Crippen LogP contribution in [-0.4, -0.2) is 18.5 Å². The molecule has 2 atom stereocenters. The van der Waals surface area contributed by atoms with E-state index in [1.54, 1.807) is 0 Å². The summed E-state index contributed by atoms with van der Waals surface area (Å²) in [7, 11) is 1.94. The summed E-state index contributed by atoms with van der Waals surface area (Å²) in [6, 6.07) is 0. The van der Waals surface area contributed by atoms with Gasteiger partial charge in [-0.05, 0) is 32.2 Å². The number of rotatable bonds is 3. The van der Waals surface area contributed by atoms with E-state index in [1.165, 1.54) is 19.3 Å². The standard InChI is InChI=1S/C11H22N2O/c1-9-4-3-6-11(13-2,7-5-9)8-10(12)14/h9,13H,3-8H2,1-2H3,(H2,12,14). The lowest BCUT2D eigenvalue weighted by Crippen LogP contribution is -2.45. The Hall–Kier alpha value is -0.570. The maximum absolute atomic E-state index is 11.0. The molecule has 0 bridgehead atoms. The lowest BCUT2D eigenvalue weighted by Gasteiger charge is -2.31. The van der Waals surface area contributed by atoms with Crippen molar-refractivity contribution in [2.45, 2.75) is 51.0 Å². The summed E-state index contributed by atoms with van der Waals surface area (Å²) >= 11 is 0. The molecule has 82 valence electrons. The molecule has 0 spiro atoms. The average molecular weight is 198 g/mol. The van der Waals surface area contributed by atoms with Gasteiger partial charge in [0.1, 0.15) is 0 Å². The van der Waals surface area contributed by atoms with Crippen LogP contribution in [0, 0.1) is 5.92 Å². The van der Waals surface area contributed by atoms with Crippen molar-refractivity contribution in [1.82, 2.24) is 5.32 Å². The average Bonchev–Trinajstić information content (AvgIpc) is 2.29.